The molecule has 0 radical (unpaired) electrons. The van der Waals surface area contributed by atoms with Crippen LogP contribution in [0.5, 0.6) is 0 Å². The van der Waals surface area contributed by atoms with Crippen LogP contribution in [0, 0.1) is 24.6 Å². The molecule has 124 valence electrons. The number of hydrogen-bond acceptors (Lipinski definition) is 4. The second kappa shape index (κ2) is 6.40. The van der Waals surface area contributed by atoms with Gasteiger partial charge in [-0.2, -0.15) is 4.98 Å². The third-order valence-corrected chi connectivity index (χ3v) is 4.67. The highest BCUT2D eigenvalue weighted by atomic mass is 19.1. The molecule has 3 unspecified atom stereocenters. The highest BCUT2D eigenvalue weighted by molar-refractivity contribution is 5.54. The Morgan fingerprint density at radius 2 is 1.96 bits per heavy atom. The SMILES string of the molecule is Cc1ccc(-c2noc(C(C)N3CC(C)CC(C)C3)n2)cc1F. The fourth-order valence-corrected chi connectivity index (χ4v) is 3.44. The summed E-state index contributed by atoms with van der Waals surface area (Å²) in [5.74, 6) is 2.15. The molecule has 23 heavy (non-hydrogen) atoms. The summed E-state index contributed by atoms with van der Waals surface area (Å²) in [5, 5.41) is 4.03. The minimum absolute atomic E-state index is 0.0803. The minimum Gasteiger partial charge on any atom is -0.337 e. The second-order valence-corrected chi connectivity index (χ2v) is 7.00. The van der Waals surface area contributed by atoms with Crippen LogP contribution in [0.25, 0.3) is 11.4 Å². The Hall–Kier alpha value is -1.75. The van der Waals surface area contributed by atoms with E-state index in [1.165, 1.54) is 12.5 Å². The van der Waals surface area contributed by atoms with Gasteiger partial charge in [0.1, 0.15) is 5.82 Å². The predicted molar refractivity (Wildman–Crippen MR) is 87.4 cm³/mol. The van der Waals surface area contributed by atoms with Gasteiger partial charge in [0.2, 0.25) is 11.7 Å². The predicted octanol–water partition coefficient (Wildman–Crippen LogP) is 4.22. The van der Waals surface area contributed by atoms with Gasteiger partial charge in [-0.15, -0.1) is 0 Å². The summed E-state index contributed by atoms with van der Waals surface area (Å²) in [7, 11) is 0. The zero-order valence-electron chi connectivity index (χ0n) is 14.2. The van der Waals surface area contributed by atoms with Crippen molar-refractivity contribution in [3.63, 3.8) is 0 Å². The summed E-state index contributed by atoms with van der Waals surface area (Å²) in [6, 6.07) is 5.09. The topological polar surface area (TPSA) is 42.2 Å². The van der Waals surface area contributed by atoms with E-state index in [1.807, 2.05) is 6.07 Å². The smallest absolute Gasteiger partial charge is 0.244 e. The quantitative estimate of drug-likeness (QED) is 0.850. The summed E-state index contributed by atoms with van der Waals surface area (Å²) in [5.41, 5.74) is 1.26. The molecule has 1 aliphatic rings. The maximum absolute atomic E-state index is 13.7. The van der Waals surface area contributed by atoms with Crippen molar-refractivity contribution in [1.29, 1.82) is 0 Å². The zero-order chi connectivity index (χ0) is 16.6. The van der Waals surface area contributed by atoms with Gasteiger partial charge in [-0.3, -0.25) is 4.90 Å². The van der Waals surface area contributed by atoms with Crippen LogP contribution in [-0.2, 0) is 0 Å². The van der Waals surface area contributed by atoms with Crippen LogP contribution in [0.2, 0.25) is 0 Å². The minimum atomic E-state index is -0.249. The molecule has 3 rings (SSSR count). The lowest BCUT2D eigenvalue weighted by Crippen LogP contribution is -2.40. The number of nitrogens with zero attached hydrogens (tertiary/aromatic N) is 3. The first-order valence-corrected chi connectivity index (χ1v) is 8.28. The summed E-state index contributed by atoms with van der Waals surface area (Å²) in [6.07, 6.45) is 1.26. The molecule has 4 nitrogen and oxygen atoms in total. The Labute approximate surface area is 136 Å². The first kappa shape index (κ1) is 16.1. The van der Waals surface area contributed by atoms with Gasteiger partial charge in [0.25, 0.3) is 0 Å². The zero-order valence-corrected chi connectivity index (χ0v) is 14.2. The summed E-state index contributed by atoms with van der Waals surface area (Å²) >= 11 is 0. The van der Waals surface area contributed by atoms with Gasteiger partial charge >= 0.3 is 0 Å². The van der Waals surface area contributed by atoms with Crippen molar-refractivity contribution < 1.29 is 8.91 Å². The molecule has 2 heterocycles. The van der Waals surface area contributed by atoms with Crippen LogP contribution >= 0.6 is 0 Å². The molecule has 1 saturated heterocycles. The number of aryl methyl sites for hydroxylation is 1. The Morgan fingerprint density at radius 1 is 1.26 bits per heavy atom. The number of halogens is 1. The Morgan fingerprint density at radius 3 is 2.61 bits per heavy atom. The summed E-state index contributed by atoms with van der Waals surface area (Å²) < 4.78 is 19.2. The van der Waals surface area contributed by atoms with E-state index in [9.17, 15) is 4.39 Å². The van der Waals surface area contributed by atoms with Gasteiger partial charge in [-0.05, 0) is 43.7 Å². The van der Waals surface area contributed by atoms with Crippen molar-refractivity contribution in [2.75, 3.05) is 13.1 Å². The molecule has 1 fully saturated rings. The average molecular weight is 317 g/mol. The van der Waals surface area contributed by atoms with E-state index in [2.05, 4.69) is 35.8 Å². The number of hydrogen-bond donors (Lipinski definition) is 0. The van der Waals surface area contributed by atoms with Crippen molar-refractivity contribution in [2.45, 2.75) is 40.2 Å². The molecule has 3 atom stereocenters. The fraction of sp³-hybridized carbons (Fsp3) is 0.556. The maximum Gasteiger partial charge on any atom is 0.244 e. The lowest BCUT2D eigenvalue weighted by atomic mass is 9.91. The van der Waals surface area contributed by atoms with Gasteiger partial charge in [0.05, 0.1) is 6.04 Å². The molecule has 1 aliphatic heterocycles. The number of aromatic nitrogens is 2. The molecule has 2 aromatic rings. The van der Waals surface area contributed by atoms with E-state index < -0.39 is 0 Å². The van der Waals surface area contributed by atoms with E-state index in [4.69, 9.17) is 4.52 Å². The molecule has 5 heteroatoms. The average Bonchev–Trinajstić information content (AvgIpc) is 2.98. The monoisotopic (exact) mass is 317 g/mol. The standard InChI is InChI=1S/C18H24FN3O/c1-11-7-12(2)10-22(9-11)14(4)18-20-17(21-23-18)15-6-5-13(3)16(19)8-15/h5-6,8,11-12,14H,7,9-10H2,1-4H3. The lowest BCUT2D eigenvalue weighted by molar-refractivity contribution is 0.0866. The van der Waals surface area contributed by atoms with E-state index >= 15 is 0 Å². The van der Waals surface area contributed by atoms with E-state index in [-0.39, 0.29) is 11.9 Å². The number of piperidine rings is 1. The van der Waals surface area contributed by atoms with E-state index in [1.54, 1.807) is 13.0 Å². The second-order valence-electron chi connectivity index (χ2n) is 7.00. The first-order chi connectivity index (χ1) is 10.9. The van der Waals surface area contributed by atoms with Gasteiger partial charge in [-0.1, -0.05) is 31.1 Å². The van der Waals surface area contributed by atoms with Crippen molar-refractivity contribution >= 4 is 0 Å². The molecular weight excluding hydrogens is 293 g/mol. The number of likely N-dealkylation sites (tertiary alicyclic amines) is 1. The Bertz CT molecular complexity index is 675. The fourth-order valence-electron chi connectivity index (χ4n) is 3.44. The van der Waals surface area contributed by atoms with Gasteiger partial charge in [-0.25, -0.2) is 4.39 Å². The Kier molecular flexibility index (Phi) is 4.48. The van der Waals surface area contributed by atoms with E-state index in [0.29, 0.717) is 34.7 Å². The van der Waals surface area contributed by atoms with Crippen LogP contribution in [-0.4, -0.2) is 28.1 Å². The molecule has 0 N–H and O–H groups in total. The summed E-state index contributed by atoms with van der Waals surface area (Å²) in [4.78, 5) is 6.89. The molecule has 0 amide bonds. The Balaban J connectivity index is 1.79. The molecule has 1 aromatic carbocycles. The van der Waals surface area contributed by atoms with Crippen molar-refractivity contribution in [1.82, 2.24) is 15.0 Å². The third kappa shape index (κ3) is 3.44. The van der Waals surface area contributed by atoms with Crippen LogP contribution in [0.3, 0.4) is 0 Å². The molecule has 1 aromatic heterocycles. The summed E-state index contributed by atoms with van der Waals surface area (Å²) in [6.45, 7) is 10.5. The molecular formula is C18H24FN3O. The first-order valence-electron chi connectivity index (χ1n) is 8.28. The molecule has 0 saturated carbocycles. The third-order valence-electron chi connectivity index (χ3n) is 4.67. The van der Waals surface area contributed by atoms with Crippen molar-refractivity contribution in [3.8, 4) is 11.4 Å². The maximum atomic E-state index is 13.7. The van der Waals surface area contributed by atoms with Crippen molar-refractivity contribution in [2.24, 2.45) is 11.8 Å². The van der Waals surface area contributed by atoms with Crippen LogP contribution in [0.4, 0.5) is 4.39 Å². The molecule has 0 spiro atoms. The van der Waals surface area contributed by atoms with Gasteiger partial charge in [0.15, 0.2) is 0 Å². The van der Waals surface area contributed by atoms with Crippen LogP contribution in [0.1, 0.15) is 44.7 Å². The highest BCUT2D eigenvalue weighted by Crippen LogP contribution is 2.29. The van der Waals surface area contributed by atoms with Crippen LogP contribution < -0.4 is 0 Å². The lowest BCUT2D eigenvalue weighted by Gasteiger charge is -2.37. The number of rotatable bonds is 3. The molecule has 0 aliphatic carbocycles. The normalized spacial score (nSPS) is 23.9. The van der Waals surface area contributed by atoms with Crippen LogP contribution in [0.15, 0.2) is 22.7 Å². The number of benzene rings is 1. The van der Waals surface area contributed by atoms with Gasteiger partial charge < -0.3 is 4.52 Å². The van der Waals surface area contributed by atoms with E-state index in [0.717, 1.165) is 13.1 Å². The van der Waals surface area contributed by atoms with Crippen molar-refractivity contribution in [3.05, 3.63) is 35.5 Å². The largest absolute Gasteiger partial charge is 0.337 e. The molecule has 0 bridgehead atoms. The van der Waals surface area contributed by atoms with Gasteiger partial charge in [0, 0.05) is 18.7 Å². The highest BCUT2D eigenvalue weighted by Gasteiger charge is 2.29.